The van der Waals surface area contributed by atoms with Gasteiger partial charge in [0.15, 0.2) is 0 Å². The Morgan fingerprint density at radius 1 is 1.60 bits per heavy atom. The molecule has 0 spiro atoms. The first kappa shape index (κ1) is 7.05. The van der Waals surface area contributed by atoms with Gasteiger partial charge >= 0.3 is 6.01 Å². The van der Waals surface area contributed by atoms with E-state index in [0.717, 1.165) is 0 Å². The SMILES string of the molecule is COc1ncn(C(C)C)n1. The van der Waals surface area contributed by atoms with Gasteiger partial charge in [0.2, 0.25) is 0 Å². The minimum absolute atomic E-state index is 0.344. The molecule has 0 saturated carbocycles. The molecule has 0 aliphatic heterocycles. The minimum Gasteiger partial charge on any atom is -0.466 e. The van der Waals surface area contributed by atoms with E-state index in [1.54, 1.807) is 18.1 Å². The molecular weight excluding hydrogens is 130 g/mol. The third-order valence-electron chi connectivity index (χ3n) is 1.20. The van der Waals surface area contributed by atoms with E-state index in [-0.39, 0.29) is 0 Å². The number of aromatic nitrogens is 3. The fourth-order valence-corrected chi connectivity index (χ4v) is 0.601. The Kier molecular flexibility index (Phi) is 1.89. The Hall–Kier alpha value is -1.06. The average molecular weight is 141 g/mol. The van der Waals surface area contributed by atoms with Gasteiger partial charge in [-0.1, -0.05) is 0 Å². The third kappa shape index (κ3) is 1.26. The van der Waals surface area contributed by atoms with Gasteiger partial charge in [-0.05, 0) is 13.8 Å². The van der Waals surface area contributed by atoms with Gasteiger partial charge in [-0.3, -0.25) is 0 Å². The highest BCUT2D eigenvalue weighted by atomic mass is 16.5. The zero-order chi connectivity index (χ0) is 7.56. The summed E-state index contributed by atoms with van der Waals surface area (Å²) in [4.78, 5) is 3.89. The number of methoxy groups -OCH3 is 1. The van der Waals surface area contributed by atoms with Crippen molar-refractivity contribution in [3.8, 4) is 6.01 Å². The molecule has 0 radical (unpaired) electrons. The minimum atomic E-state index is 0.344. The maximum Gasteiger partial charge on any atom is 0.335 e. The number of nitrogens with zero attached hydrogens (tertiary/aromatic N) is 3. The Morgan fingerprint density at radius 3 is 2.60 bits per heavy atom. The number of ether oxygens (including phenoxy) is 1. The lowest BCUT2D eigenvalue weighted by atomic mass is 10.4. The van der Waals surface area contributed by atoms with E-state index in [4.69, 9.17) is 4.74 Å². The van der Waals surface area contributed by atoms with E-state index >= 15 is 0 Å². The molecule has 0 saturated heterocycles. The van der Waals surface area contributed by atoms with Crippen molar-refractivity contribution < 1.29 is 4.74 Å². The molecule has 1 heterocycles. The summed E-state index contributed by atoms with van der Waals surface area (Å²) in [6.07, 6.45) is 1.66. The van der Waals surface area contributed by atoms with Crippen molar-refractivity contribution in [1.82, 2.24) is 14.8 Å². The molecule has 0 aliphatic rings. The molecule has 0 atom stereocenters. The van der Waals surface area contributed by atoms with E-state index in [1.165, 1.54) is 0 Å². The highest BCUT2D eigenvalue weighted by Crippen LogP contribution is 2.04. The van der Waals surface area contributed by atoms with E-state index in [1.807, 2.05) is 13.8 Å². The second-order valence-corrected chi connectivity index (χ2v) is 2.31. The highest BCUT2D eigenvalue weighted by Gasteiger charge is 2.00. The van der Waals surface area contributed by atoms with Crippen LogP contribution in [0, 0.1) is 0 Å². The summed E-state index contributed by atoms with van der Waals surface area (Å²) in [7, 11) is 1.56. The van der Waals surface area contributed by atoms with Crippen LogP contribution in [-0.2, 0) is 0 Å². The first-order valence-electron chi connectivity index (χ1n) is 3.19. The van der Waals surface area contributed by atoms with Gasteiger partial charge in [0.25, 0.3) is 0 Å². The Morgan fingerprint density at radius 2 is 2.30 bits per heavy atom. The van der Waals surface area contributed by atoms with Crippen LogP contribution in [0.5, 0.6) is 6.01 Å². The fourth-order valence-electron chi connectivity index (χ4n) is 0.601. The topological polar surface area (TPSA) is 39.9 Å². The molecule has 4 nitrogen and oxygen atoms in total. The van der Waals surface area contributed by atoms with Crippen LogP contribution in [0.25, 0.3) is 0 Å². The van der Waals surface area contributed by atoms with Gasteiger partial charge in [-0.25, -0.2) is 4.68 Å². The first-order chi connectivity index (χ1) is 4.74. The Balaban J connectivity index is 2.78. The lowest BCUT2D eigenvalue weighted by molar-refractivity contribution is 0.372. The molecule has 10 heavy (non-hydrogen) atoms. The largest absolute Gasteiger partial charge is 0.466 e. The summed E-state index contributed by atoms with van der Waals surface area (Å²) in [6.45, 7) is 4.07. The average Bonchev–Trinajstić information content (AvgIpc) is 2.34. The van der Waals surface area contributed by atoms with Gasteiger partial charge in [0.05, 0.1) is 7.11 Å². The van der Waals surface area contributed by atoms with Crippen molar-refractivity contribution in [2.75, 3.05) is 7.11 Å². The number of hydrogen-bond acceptors (Lipinski definition) is 3. The molecule has 0 aliphatic carbocycles. The van der Waals surface area contributed by atoms with Crippen LogP contribution in [0.15, 0.2) is 6.33 Å². The van der Waals surface area contributed by atoms with Crippen LogP contribution >= 0.6 is 0 Å². The van der Waals surface area contributed by atoms with Crippen LogP contribution in [0.2, 0.25) is 0 Å². The van der Waals surface area contributed by atoms with Crippen LogP contribution in [0.3, 0.4) is 0 Å². The summed E-state index contributed by atoms with van der Waals surface area (Å²) in [5.41, 5.74) is 0. The zero-order valence-electron chi connectivity index (χ0n) is 6.40. The number of rotatable bonds is 2. The molecule has 0 aromatic carbocycles. The third-order valence-corrected chi connectivity index (χ3v) is 1.20. The summed E-state index contributed by atoms with van der Waals surface area (Å²) < 4.78 is 6.55. The van der Waals surface area contributed by atoms with E-state index in [0.29, 0.717) is 12.1 Å². The van der Waals surface area contributed by atoms with Crippen LogP contribution < -0.4 is 4.74 Å². The lowest BCUT2D eigenvalue weighted by Gasteiger charge is -2.00. The maximum absolute atomic E-state index is 4.80. The van der Waals surface area contributed by atoms with Gasteiger partial charge < -0.3 is 4.74 Å². The van der Waals surface area contributed by atoms with Crippen molar-refractivity contribution in [3.63, 3.8) is 0 Å². The lowest BCUT2D eigenvalue weighted by Crippen LogP contribution is -2.00. The molecule has 0 unspecified atom stereocenters. The zero-order valence-corrected chi connectivity index (χ0v) is 6.40. The molecule has 0 N–H and O–H groups in total. The predicted octanol–water partition coefficient (Wildman–Crippen LogP) is 0.868. The predicted molar refractivity (Wildman–Crippen MR) is 37.0 cm³/mol. The molecule has 1 rings (SSSR count). The van der Waals surface area contributed by atoms with E-state index in [2.05, 4.69) is 10.1 Å². The van der Waals surface area contributed by atoms with Crippen molar-refractivity contribution in [3.05, 3.63) is 6.33 Å². The summed E-state index contributed by atoms with van der Waals surface area (Å²) in [6, 6.07) is 0.769. The second-order valence-electron chi connectivity index (χ2n) is 2.31. The normalized spacial score (nSPS) is 10.4. The van der Waals surface area contributed by atoms with E-state index < -0.39 is 0 Å². The van der Waals surface area contributed by atoms with Crippen molar-refractivity contribution in [2.24, 2.45) is 0 Å². The van der Waals surface area contributed by atoms with Crippen molar-refractivity contribution in [1.29, 1.82) is 0 Å². The molecule has 56 valence electrons. The fraction of sp³-hybridized carbons (Fsp3) is 0.667. The second kappa shape index (κ2) is 2.68. The summed E-state index contributed by atoms with van der Waals surface area (Å²) in [5, 5.41) is 4.01. The molecule has 0 amide bonds. The quantitative estimate of drug-likeness (QED) is 0.613. The van der Waals surface area contributed by atoms with Gasteiger partial charge in [-0.15, -0.1) is 5.10 Å². The maximum atomic E-state index is 4.80. The number of hydrogen-bond donors (Lipinski definition) is 0. The first-order valence-corrected chi connectivity index (χ1v) is 3.19. The molecule has 4 heteroatoms. The smallest absolute Gasteiger partial charge is 0.335 e. The van der Waals surface area contributed by atoms with Gasteiger partial charge in [0.1, 0.15) is 6.33 Å². The molecule has 0 fully saturated rings. The van der Waals surface area contributed by atoms with E-state index in [9.17, 15) is 0 Å². The van der Waals surface area contributed by atoms with Crippen LogP contribution in [0.4, 0.5) is 0 Å². The molecule has 1 aromatic rings. The monoisotopic (exact) mass is 141 g/mol. The molecule has 1 aromatic heterocycles. The summed E-state index contributed by atoms with van der Waals surface area (Å²) >= 11 is 0. The highest BCUT2D eigenvalue weighted by molar-refractivity contribution is 4.86. The molecule has 0 bridgehead atoms. The Labute approximate surface area is 59.8 Å². The Bertz CT molecular complexity index is 207. The standard InChI is InChI=1S/C6H11N3O/c1-5(2)9-4-7-6(8-9)10-3/h4-5H,1-3H3. The van der Waals surface area contributed by atoms with Crippen LogP contribution in [0.1, 0.15) is 19.9 Å². The van der Waals surface area contributed by atoms with Crippen molar-refractivity contribution in [2.45, 2.75) is 19.9 Å². The van der Waals surface area contributed by atoms with Gasteiger partial charge in [-0.2, -0.15) is 4.98 Å². The molecular formula is C6H11N3O. The van der Waals surface area contributed by atoms with Gasteiger partial charge in [0, 0.05) is 6.04 Å². The summed E-state index contributed by atoms with van der Waals surface area (Å²) in [5.74, 6) is 0. The van der Waals surface area contributed by atoms with Crippen molar-refractivity contribution >= 4 is 0 Å². The van der Waals surface area contributed by atoms with Crippen LogP contribution in [-0.4, -0.2) is 21.9 Å².